The summed E-state index contributed by atoms with van der Waals surface area (Å²) < 4.78 is 1.92. The minimum Gasteiger partial charge on any atom is -0.324 e. The van der Waals surface area contributed by atoms with E-state index in [9.17, 15) is 0 Å². The molecule has 1 atom stereocenters. The molecule has 0 aliphatic carbocycles. The van der Waals surface area contributed by atoms with Gasteiger partial charge in [0.2, 0.25) is 0 Å². The Labute approximate surface area is 119 Å². The number of nitrogens with two attached hydrogens (primary N) is 1. The average molecular weight is 265 g/mol. The fraction of sp³-hybridized carbons (Fsp3) is 0.235. The second-order valence-corrected chi connectivity index (χ2v) is 5.31. The Morgan fingerprint density at radius 2 is 1.80 bits per heavy atom. The highest BCUT2D eigenvalue weighted by atomic mass is 15.3. The smallest absolute Gasteiger partial charge is 0.0722 e. The second kappa shape index (κ2) is 5.10. The molecule has 0 aliphatic heterocycles. The van der Waals surface area contributed by atoms with Gasteiger partial charge in [-0.15, -0.1) is 0 Å². The molecular weight excluding hydrogens is 246 g/mol. The molecule has 0 bridgehead atoms. The fourth-order valence-electron chi connectivity index (χ4n) is 2.58. The van der Waals surface area contributed by atoms with Crippen molar-refractivity contribution >= 4 is 10.9 Å². The van der Waals surface area contributed by atoms with Gasteiger partial charge in [0.05, 0.1) is 11.2 Å². The van der Waals surface area contributed by atoms with Crippen LogP contribution in [-0.4, -0.2) is 9.78 Å². The van der Waals surface area contributed by atoms with E-state index in [2.05, 4.69) is 48.4 Å². The molecule has 3 heteroatoms. The third-order valence-corrected chi connectivity index (χ3v) is 3.75. The van der Waals surface area contributed by atoms with E-state index in [1.807, 2.05) is 23.9 Å². The summed E-state index contributed by atoms with van der Waals surface area (Å²) in [7, 11) is 1.98. The van der Waals surface area contributed by atoms with Gasteiger partial charge in [0.1, 0.15) is 0 Å². The molecule has 1 heterocycles. The number of rotatable bonds is 3. The summed E-state index contributed by atoms with van der Waals surface area (Å²) in [6, 6.07) is 16.7. The van der Waals surface area contributed by atoms with Crippen LogP contribution < -0.4 is 5.73 Å². The van der Waals surface area contributed by atoms with Crippen LogP contribution in [0.3, 0.4) is 0 Å². The van der Waals surface area contributed by atoms with Crippen LogP contribution in [0.4, 0.5) is 0 Å². The summed E-state index contributed by atoms with van der Waals surface area (Å²) in [5.74, 6) is 0. The van der Waals surface area contributed by atoms with Gasteiger partial charge in [0.15, 0.2) is 0 Å². The van der Waals surface area contributed by atoms with Crippen LogP contribution >= 0.6 is 0 Å². The molecular formula is C17H19N3. The van der Waals surface area contributed by atoms with Crippen molar-refractivity contribution in [3.8, 4) is 0 Å². The van der Waals surface area contributed by atoms with Crippen LogP contribution in [0.25, 0.3) is 10.9 Å². The predicted molar refractivity (Wildman–Crippen MR) is 82.5 cm³/mol. The molecule has 102 valence electrons. The molecule has 0 spiro atoms. The molecule has 2 N–H and O–H groups in total. The summed E-state index contributed by atoms with van der Waals surface area (Å²) in [5, 5.41) is 5.80. The summed E-state index contributed by atoms with van der Waals surface area (Å²) in [5.41, 5.74) is 11.0. The molecule has 2 aromatic carbocycles. The first kappa shape index (κ1) is 12.9. The SMILES string of the molecule is Cc1ccc(C(N)Cc2nn(C)c3ccccc23)cc1. The zero-order chi connectivity index (χ0) is 14.1. The monoisotopic (exact) mass is 265 g/mol. The maximum atomic E-state index is 6.33. The molecule has 1 aromatic heterocycles. The standard InChI is InChI=1S/C17H19N3/c1-12-7-9-13(10-8-12)15(18)11-16-14-5-3-4-6-17(14)20(2)19-16/h3-10,15H,11,18H2,1-2H3. The quantitative estimate of drug-likeness (QED) is 0.790. The zero-order valence-electron chi connectivity index (χ0n) is 11.9. The molecule has 0 saturated heterocycles. The van der Waals surface area contributed by atoms with Crippen molar-refractivity contribution in [2.24, 2.45) is 12.8 Å². The number of aryl methyl sites for hydroxylation is 2. The molecule has 0 aliphatic rings. The summed E-state index contributed by atoms with van der Waals surface area (Å²) in [4.78, 5) is 0. The molecule has 3 rings (SSSR count). The largest absolute Gasteiger partial charge is 0.324 e. The summed E-state index contributed by atoms with van der Waals surface area (Å²) >= 11 is 0. The Morgan fingerprint density at radius 1 is 1.10 bits per heavy atom. The lowest BCUT2D eigenvalue weighted by atomic mass is 10.0. The van der Waals surface area contributed by atoms with Gasteiger partial charge in [0, 0.05) is 24.9 Å². The molecule has 0 fully saturated rings. The average Bonchev–Trinajstić information content (AvgIpc) is 2.77. The molecule has 0 amide bonds. The Bertz CT molecular complexity index is 726. The molecule has 1 unspecified atom stereocenters. The van der Waals surface area contributed by atoms with E-state index in [1.165, 1.54) is 10.9 Å². The van der Waals surface area contributed by atoms with Crippen molar-refractivity contribution in [1.29, 1.82) is 0 Å². The predicted octanol–water partition coefficient (Wildman–Crippen LogP) is 3.12. The first-order valence-corrected chi connectivity index (χ1v) is 6.88. The van der Waals surface area contributed by atoms with Gasteiger partial charge in [-0.3, -0.25) is 4.68 Å². The van der Waals surface area contributed by atoms with Crippen molar-refractivity contribution in [3.63, 3.8) is 0 Å². The van der Waals surface area contributed by atoms with Crippen molar-refractivity contribution in [2.75, 3.05) is 0 Å². The Balaban J connectivity index is 1.91. The number of hydrogen-bond acceptors (Lipinski definition) is 2. The number of nitrogens with zero attached hydrogens (tertiary/aromatic N) is 2. The van der Waals surface area contributed by atoms with Gasteiger partial charge < -0.3 is 5.73 Å². The van der Waals surface area contributed by atoms with E-state index >= 15 is 0 Å². The molecule has 3 nitrogen and oxygen atoms in total. The number of aromatic nitrogens is 2. The first-order valence-electron chi connectivity index (χ1n) is 6.88. The van der Waals surface area contributed by atoms with Crippen LogP contribution in [-0.2, 0) is 13.5 Å². The van der Waals surface area contributed by atoms with Crippen LogP contribution in [0.1, 0.15) is 22.9 Å². The van der Waals surface area contributed by atoms with E-state index in [1.54, 1.807) is 0 Å². The number of fused-ring (bicyclic) bond motifs is 1. The maximum Gasteiger partial charge on any atom is 0.0722 e. The van der Waals surface area contributed by atoms with Gasteiger partial charge in [-0.05, 0) is 18.6 Å². The van der Waals surface area contributed by atoms with Crippen molar-refractivity contribution < 1.29 is 0 Å². The molecule has 3 aromatic rings. The topological polar surface area (TPSA) is 43.8 Å². The highest BCUT2D eigenvalue weighted by Gasteiger charge is 2.13. The van der Waals surface area contributed by atoms with Crippen molar-refractivity contribution in [1.82, 2.24) is 9.78 Å². The fourth-order valence-corrected chi connectivity index (χ4v) is 2.58. The lowest BCUT2D eigenvalue weighted by Crippen LogP contribution is -2.14. The van der Waals surface area contributed by atoms with Crippen molar-refractivity contribution in [3.05, 3.63) is 65.4 Å². The molecule has 0 saturated carbocycles. The lowest BCUT2D eigenvalue weighted by molar-refractivity contribution is 0.682. The Morgan fingerprint density at radius 3 is 2.55 bits per heavy atom. The molecule has 0 radical (unpaired) electrons. The first-order chi connectivity index (χ1) is 9.65. The Kier molecular flexibility index (Phi) is 3.28. The highest BCUT2D eigenvalue weighted by Crippen LogP contribution is 2.22. The van der Waals surface area contributed by atoms with Crippen molar-refractivity contribution in [2.45, 2.75) is 19.4 Å². The summed E-state index contributed by atoms with van der Waals surface area (Å²) in [6.07, 6.45) is 0.754. The van der Waals surface area contributed by atoms with Crippen LogP contribution in [0.2, 0.25) is 0 Å². The van der Waals surface area contributed by atoms with E-state index < -0.39 is 0 Å². The van der Waals surface area contributed by atoms with E-state index in [0.29, 0.717) is 0 Å². The molecule has 20 heavy (non-hydrogen) atoms. The third-order valence-electron chi connectivity index (χ3n) is 3.75. The number of benzene rings is 2. The van der Waals surface area contributed by atoms with Gasteiger partial charge in [-0.25, -0.2) is 0 Å². The van der Waals surface area contributed by atoms with E-state index in [4.69, 9.17) is 5.73 Å². The van der Waals surface area contributed by atoms with Gasteiger partial charge in [-0.2, -0.15) is 5.10 Å². The van der Waals surface area contributed by atoms with Gasteiger partial charge >= 0.3 is 0 Å². The Hall–Kier alpha value is -2.13. The minimum absolute atomic E-state index is 0.0195. The van der Waals surface area contributed by atoms with Crippen LogP contribution in [0.15, 0.2) is 48.5 Å². The summed E-state index contributed by atoms with van der Waals surface area (Å²) in [6.45, 7) is 2.08. The lowest BCUT2D eigenvalue weighted by Gasteiger charge is -2.11. The van der Waals surface area contributed by atoms with Crippen LogP contribution in [0.5, 0.6) is 0 Å². The highest BCUT2D eigenvalue weighted by molar-refractivity contribution is 5.81. The second-order valence-electron chi connectivity index (χ2n) is 5.31. The van der Waals surface area contributed by atoms with E-state index in [0.717, 1.165) is 23.2 Å². The van der Waals surface area contributed by atoms with Gasteiger partial charge in [-0.1, -0.05) is 48.0 Å². The number of hydrogen-bond donors (Lipinski definition) is 1. The van der Waals surface area contributed by atoms with Gasteiger partial charge in [0.25, 0.3) is 0 Å². The normalized spacial score (nSPS) is 12.8. The number of para-hydroxylation sites is 1. The van der Waals surface area contributed by atoms with E-state index in [-0.39, 0.29) is 6.04 Å². The zero-order valence-corrected chi connectivity index (χ0v) is 11.9. The van der Waals surface area contributed by atoms with Crippen LogP contribution in [0, 0.1) is 6.92 Å². The maximum absolute atomic E-state index is 6.33. The minimum atomic E-state index is -0.0195. The third kappa shape index (κ3) is 2.32.